The maximum absolute atomic E-state index is 11.4. The summed E-state index contributed by atoms with van der Waals surface area (Å²) in [4.78, 5) is 18.3. The van der Waals surface area contributed by atoms with Crippen LogP contribution in [0.5, 0.6) is 0 Å². The Morgan fingerprint density at radius 1 is 1.42 bits per heavy atom. The monoisotopic (exact) mass is 526 g/mol. The molecule has 1 aliphatic heterocycles. The Balaban J connectivity index is 1.65. The van der Waals surface area contributed by atoms with Gasteiger partial charge in [-0.1, -0.05) is 28.3 Å². The lowest BCUT2D eigenvalue weighted by Crippen LogP contribution is -2.55. The number of aromatic nitrogens is 5. The first-order valence-electron chi connectivity index (χ1n) is 8.86. The van der Waals surface area contributed by atoms with E-state index in [2.05, 4.69) is 36.2 Å². The van der Waals surface area contributed by atoms with E-state index >= 15 is 0 Å². The highest BCUT2D eigenvalue weighted by molar-refractivity contribution is 9.10. The number of halogens is 1. The molecule has 1 fully saturated rings. The SMILES string of the molecule is N#Cc1ncc(Br)cc1S[C@H]1OC(CO)[C@H](O)[C@H](n2cc(-c3csc(=O)[nH]3)nn2)C1O. The van der Waals surface area contributed by atoms with Gasteiger partial charge in [0.15, 0.2) is 5.69 Å². The second-order valence-electron chi connectivity index (χ2n) is 6.57. The van der Waals surface area contributed by atoms with Crippen LogP contribution in [-0.2, 0) is 4.74 Å². The number of aliphatic hydroxyl groups excluding tert-OH is 3. The molecule has 1 saturated heterocycles. The molecule has 3 aromatic heterocycles. The molecule has 11 nitrogen and oxygen atoms in total. The zero-order valence-electron chi connectivity index (χ0n) is 15.5. The van der Waals surface area contributed by atoms with E-state index in [0.29, 0.717) is 20.8 Å². The summed E-state index contributed by atoms with van der Waals surface area (Å²) in [6.07, 6.45) is -0.605. The molecule has 0 spiro atoms. The van der Waals surface area contributed by atoms with Crippen LogP contribution in [0, 0.1) is 11.3 Å². The average molecular weight is 527 g/mol. The Bertz CT molecular complexity index is 1180. The van der Waals surface area contributed by atoms with E-state index in [1.807, 2.05) is 6.07 Å². The summed E-state index contributed by atoms with van der Waals surface area (Å²) in [5.41, 5.74) is 0.0248. The molecule has 31 heavy (non-hydrogen) atoms. The van der Waals surface area contributed by atoms with Crippen LogP contribution >= 0.6 is 39.0 Å². The number of nitrogens with one attached hydrogen (secondary N) is 1. The highest BCUT2D eigenvalue weighted by Gasteiger charge is 2.46. The van der Waals surface area contributed by atoms with Crippen molar-refractivity contribution in [2.75, 3.05) is 6.61 Å². The van der Waals surface area contributed by atoms with Gasteiger partial charge >= 0.3 is 4.87 Å². The van der Waals surface area contributed by atoms with E-state index in [1.54, 1.807) is 11.4 Å². The van der Waals surface area contributed by atoms with E-state index in [-0.39, 0.29) is 10.6 Å². The number of ether oxygens (including phenoxy) is 1. The summed E-state index contributed by atoms with van der Waals surface area (Å²) in [7, 11) is 0. The molecular weight excluding hydrogens is 512 g/mol. The number of hydrogen-bond acceptors (Lipinski definition) is 11. The van der Waals surface area contributed by atoms with Gasteiger partial charge in [-0.3, -0.25) is 4.79 Å². The van der Waals surface area contributed by atoms with Gasteiger partial charge in [-0.05, 0) is 22.0 Å². The zero-order chi connectivity index (χ0) is 22.1. The number of hydrogen-bond donors (Lipinski definition) is 4. The fourth-order valence-electron chi connectivity index (χ4n) is 3.15. The second-order valence-corrected chi connectivity index (χ2v) is 9.47. The molecule has 0 bridgehead atoms. The standard InChI is InChI=1S/C17H15BrN6O5S2/c18-7-1-12(8(2-19)20-3-7)31-16-15(27)13(14(26)11(5-25)29-16)24-4-9(22-23-24)10-6-30-17(28)21-10/h1,3-4,6,11,13-16,25-27H,5H2,(H,21,28)/t11?,13-,14-,15?,16+/m0/s1. The molecule has 3 aromatic rings. The average Bonchev–Trinajstić information content (AvgIpc) is 3.39. The van der Waals surface area contributed by atoms with Gasteiger partial charge in [0.1, 0.15) is 41.6 Å². The Morgan fingerprint density at radius 2 is 2.23 bits per heavy atom. The maximum atomic E-state index is 11.4. The molecule has 4 rings (SSSR count). The van der Waals surface area contributed by atoms with Crippen molar-refractivity contribution in [1.29, 1.82) is 5.26 Å². The Labute approximate surface area is 191 Å². The van der Waals surface area contributed by atoms with Gasteiger partial charge in [-0.2, -0.15) is 5.26 Å². The smallest absolute Gasteiger partial charge is 0.304 e. The molecule has 1 aliphatic rings. The van der Waals surface area contributed by atoms with Gasteiger partial charge in [-0.15, -0.1) is 5.10 Å². The molecule has 4 N–H and O–H groups in total. The molecule has 0 radical (unpaired) electrons. The predicted molar refractivity (Wildman–Crippen MR) is 113 cm³/mol. The summed E-state index contributed by atoms with van der Waals surface area (Å²) in [6.45, 7) is -0.497. The molecule has 14 heteroatoms. The largest absolute Gasteiger partial charge is 0.394 e. The van der Waals surface area contributed by atoms with Crippen LogP contribution in [-0.4, -0.2) is 70.6 Å². The van der Waals surface area contributed by atoms with Gasteiger partial charge in [0.25, 0.3) is 0 Å². The number of aliphatic hydroxyl groups is 3. The molecule has 0 saturated carbocycles. The third kappa shape index (κ3) is 4.44. The first-order valence-corrected chi connectivity index (χ1v) is 11.4. The van der Waals surface area contributed by atoms with Crippen molar-refractivity contribution in [2.24, 2.45) is 0 Å². The number of H-pyrrole nitrogens is 1. The summed E-state index contributed by atoms with van der Waals surface area (Å²) in [6, 6.07) is 2.65. The summed E-state index contributed by atoms with van der Waals surface area (Å²) in [5.74, 6) is 0. The first kappa shape index (κ1) is 22.1. The number of nitriles is 1. The normalized spacial score (nSPS) is 26.0. The summed E-state index contributed by atoms with van der Waals surface area (Å²) >= 11 is 5.32. The summed E-state index contributed by atoms with van der Waals surface area (Å²) < 4.78 is 7.62. The fraction of sp³-hybridized carbons (Fsp3) is 0.353. The Morgan fingerprint density at radius 3 is 2.90 bits per heavy atom. The van der Waals surface area contributed by atoms with Crippen LogP contribution in [0.25, 0.3) is 11.4 Å². The highest BCUT2D eigenvalue weighted by atomic mass is 79.9. The van der Waals surface area contributed by atoms with Crippen molar-refractivity contribution in [3.8, 4) is 17.5 Å². The lowest BCUT2D eigenvalue weighted by atomic mass is 9.97. The third-order valence-electron chi connectivity index (χ3n) is 4.63. The number of rotatable bonds is 5. The quantitative estimate of drug-likeness (QED) is 0.366. The molecule has 5 atom stereocenters. The van der Waals surface area contributed by atoms with Crippen LogP contribution in [0.4, 0.5) is 0 Å². The van der Waals surface area contributed by atoms with Crippen LogP contribution < -0.4 is 4.87 Å². The molecule has 0 aliphatic carbocycles. The molecule has 0 aromatic carbocycles. The second kappa shape index (κ2) is 9.17. The predicted octanol–water partition coefficient (Wildman–Crippen LogP) is 0.496. The van der Waals surface area contributed by atoms with Crippen molar-refractivity contribution >= 4 is 39.0 Å². The minimum Gasteiger partial charge on any atom is -0.394 e. The number of thioether (sulfide) groups is 1. The van der Waals surface area contributed by atoms with Crippen LogP contribution in [0.3, 0.4) is 0 Å². The Hall–Kier alpha value is -2.12. The van der Waals surface area contributed by atoms with Crippen molar-refractivity contribution in [2.45, 2.75) is 34.7 Å². The highest BCUT2D eigenvalue weighted by Crippen LogP contribution is 2.39. The zero-order valence-corrected chi connectivity index (χ0v) is 18.7. The minimum atomic E-state index is -1.29. The topological polar surface area (TPSA) is 170 Å². The lowest BCUT2D eigenvalue weighted by Gasteiger charge is -2.41. The van der Waals surface area contributed by atoms with Crippen LogP contribution in [0.1, 0.15) is 11.7 Å². The number of pyridine rings is 1. The van der Waals surface area contributed by atoms with Gasteiger partial charge in [-0.25, -0.2) is 9.67 Å². The molecule has 0 amide bonds. The van der Waals surface area contributed by atoms with Crippen LogP contribution in [0.2, 0.25) is 0 Å². The van der Waals surface area contributed by atoms with Gasteiger partial charge in [0, 0.05) is 20.9 Å². The Kier molecular flexibility index (Phi) is 6.53. The fourth-order valence-corrected chi connectivity index (χ4v) is 5.36. The minimum absolute atomic E-state index is 0.150. The lowest BCUT2D eigenvalue weighted by molar-refractivity contribution is -0.178. The van der Waals surface area contributed by atoms with Crippen molar-refractivity contribution in [3.05, 3.63) is 43.7 Å². The van der Waals surface area contributed by atoms with E-state index in [9.17, 15) is 25.4 Å². The van der Waals surface area contributed by atoms with E-state index in [4.69, 9.17) is 4.74 Å². The molecule has 162 valence electrons. The van der Waals surface area contributed by atoms with E-state index in [1.165, 1.54) is 17.1 Å². The first-order chi connectivity index (χ1) is 14.9. The number of thiazole rings is 1. The van der Waals surface area contributed by atoms with Gasteiger partial charge in [0.2, 0.25) is 0 Å². The van der Waals surface area contributed by atoms with Crippen molar-refractivity contribution in [3.63, 3.8) is 0 Å². The van der Waals surface area contributed by atoms with E-state index < -0.39 is 36.4 Å². The van der Waals surface area contributed by atoms with Crippen molar-refractivity contribution < 1.29 is 20.1 Å². The molecule has 4 heterocycles. The molecular formula is C17H15BrN6O5S2. The van der Waals surface area contributed by atoms with Crippen molar-refractivity contribution in [1.82, 2.24) is 25.0 Å². The number of aromatic amines is 1. The van der Waals surface area contributed by atoms with Gasteiger partial charge < -0.3 is 25.0 Å². The molecule has 2 unspecified atom stereocenters. The van der Waals surface area contributed by atoms with Crippen LogP contribution in [0.15, 0.2) is 38.0 Å². The van der Waals surface area contributed by atoms with E-state index in [0.717, 1.165) is 23.1 Å². The summed E-state index contributed by atoms with van der Waals surface area (Å²) in [5, 5.41) is 50.3. The third-order valence-corrected chi connectivity index (χ3v) is 6.92. The van der Waals surface area contributed by atoms with Gasteiger partial charge in [0.05, 0.1) is 18.5 Å². The maximum Gasteiger partial charge on any atom is 0.304 e. The number of nitrogens with zero attached hydrogens (tertiary/aromatic N) is 5.